The van der Waals surface area contributed by atoms with Crippen molar-refractivity contribution in [1.29, 1.82) is 0 Å². The number of fused-ring (bicyclic) bond motifs is 2. The molecule has 4 rings (SSSR count). The molecule has 4 nitrogen and oxygen atoms in total. The molecule has 1 spiro atoms. The number of anilines is 1. The fourth-order valence-corrected chi connectivity index (χ4v) is 4.39. The quantitative estimate of drug-likeness (QED) is 0.503. The van der Waals surface area contributed by atoms with E-state index in [4.69, 9.17) is 21.1 Å². The number of hydrogen-bond donors (Lipinski definition) is 0. The number of rotatable bonds is 4. The minimum Gasteiger partial charge on any atom is -0.463 e. The van der Waals surface area contributed by atoms with Gasteiger partial charge >= 0.3 is 5.97 Å². The van der Waals surface area contributed by atoms with Gasteiger partial charge in [-0.15, -0.1) is 0 Å². The summed E-state index contributed by atoms with van der Waals surface area (Å²) >= 11 is 6.15. The van der Waals surface area contributed by atoms with Gasteiger partial charge in [0.2, 0.25) is 5.72 Å². The molecule has 0 fully saturated rings. The van der Waals surface area contributed by atoms with E-state index in [2.05, 4.69) is 49.6 Å². The number of para-hydroxylation sites is 1. The molecule has 29 heavy (non-hydrogen) atoms. The van der Waals surface area contributed by atoms with Crippen molar-refractivity contribution in [3.05, 3.63) is 76.8 Å². The van der Waals surface area contributed by atoms with E-state index in [-0.39, 0.29) is 18.0 Å². The fraction of sp³-hybridized carbons (Fsp3) is 0.292. The predicted octanol–water partition coefficient (Wildman–Crippen LogP) is 5.36. The Morgan fingerprint density at radius 1 is 1.24 bits per heavy atom. The zero-order valence-electron chi connectivity index (χ0n) is 16.9. The summed E-state index contributed by atoms with van der Waals surface area (Å²) in [6, 6.07) is 13.9. The molecule has 0 aliphatic carbocycles. The van der Waals surface area contributed by atoms with Gasteiger partial charge in [-0.1, -0.05) is 36.4 Å². The Morgan fingerprint density at radius 2 is 2.00 bits per heavy atom. The first kappa shape index (κ1) is 19.6. The molecule has 2 heterocycles. The first-order chi connectivity index (χ1) is 13.8. The van der Waals surface area contributed by atoms with Crippen LogP contribution in [0.4, 0.5) is 5.69 Å². The maximum Gasteiger partial charge on any atom is 0.333 e. The van der Waals surface area contributed by atoms with Crippen LogP contribution in [-0.4, -0.2) is 24.8 Å². The highest BCUT2D eigenvalue weighted by Gasteiger charge is 2.58. The molecule has 2 aliphatic heterocycles. The van der Waals surface area contributed by atoms with E-state index in [1.807, 2.05) is 30.3 Å². The van der Waals surface area contributed by atoms with Gasteiger partial charge < -0.3 is 14.4 Å². The monoisotopic (exact) mass is 409 g/mol. The minimum absolute atomic E-state index is 0.239. The summed E-state index contributed by atoms with van der Waals surface area (Å²) in [7, 11) is 0. The van der Waals surface area contributed by atoms with Gasteiger partial charge in [-0.05, 0) is 62.8 Å². The van der Waals surface area contributed by atoms with E-state index in [9.17, 15) is 4.79 Å². The summed E-state index contributed by atoms with van der Waals surface area (Å²) in [6.45, 7) is 10.4. The molecule has 2 aromatic carbocycles. The maximum atomic E-state index is 11.9. The van der Waals surface area contributed by atoms with Gasteiger partial charge in [0.15, 0.2) is 0 Å². The average molecular weight is 410 g/mol. The van der Waals surface area contributed by atoms with Gasteiger partial charge in [0, 0.05) is 21.8 Å². The highest BCUT2D eigenvalue weighted by Crippen LogP contribution is 2.54. The molecular weight excluding hydrogens is 386 g/mol. The fourth-order valence-electron chi connectivity index (χ4n) is 4.21. The second-order valence-corrected chi connectivity index (χ2v) is 8.46. The summed E-state index contributed by atoms with van der Waals surface area (Å²) < 4.78 is 12.1. The average Bonchev–Trinajstić information content (AvgIpc) is 2.87. The van der Waals surface area contributed by atoms with Crippen molar-refractivity contribution in [1.82, 2.24) is 0 Å². The molecule has 0 bridgehead atoms. The Labute approximate surface area is 176 Å². The lowest BCUT2D eigenvalue weighted by atomic mass is 9.76. The van der Waals surface area contributed by atoms with Crippen molar-refractivity contribution in [3.63, 3.8) is 0 Å². The third-order valence-corrected chi connectivity index (χ3v) is 6.02. The number of carbonyl (C=O) groups is 1. The van der Waals surface area contributed by atoms with Crippen molar-refractivity contribution in [2.75, 3.05) is 18.1 Å². The number of nitrogens with zero attached hydrogens (tertiary/aromatic N) is 1. The second-order valence-electron chi connectivity index (χ2n) is 8.02. The van der Waals surface area contributed by atoms with E-state index >= 15 is 0 Å². The number of benzene rings is 2. The molecule has 0 radical (unpaired) electrons. The van der Waals surface area contributed by atoms with Crippen LogP contribution in [0.2, 0.25) is 5.02 Å². The van der Waals surface area contributed by atoms with Crippen molar-refractivity contribution < 1.29 is 14.3 Å². The van der Waals surface area contributed by atoms with Crippen molar-refractivity contribution >= 4 is 29.3 Å². The van der Waals surface area contributed by atoms with Crippen LogP contribution in [-0.2, 0) is 14.9 Å². The van der Waals surface area contributed by atoms with E-state index in [0.717, 1.165) is 17.0 Å². The van der Waals surface area contributed by atoms with Gasteiger partial charge in [-0.2, -0.15) is 0 Å². The molecule has 1 unspecified atom stereocenters. The molecule has 2 aliphatic rings. The van der Waals surface area contributed by atoms with Gasteiger partial charge in [0.05, 0.1) is 12.0 Å². The third kappa shape index (κ3) is 3.03. The van der Waals surface area contributed by atoms with Crippen molar-refractivity contribution in [2.45, 2.75) is 31.9 Å². The standard InChI is InChI=1S/C24H24ClNO3/c1-16(2)22(27)28-14-13-26-20-8-6-5-7-19(20)23(3,4)24(26)12-11-17-15-18(25)9-10-21(17)29-24/h5-12,15H,1,13-14H2,2-4H3. The molecule has 5 heteroatoms. The summed E-state index contributed by atoms with van der Waals surface area (Å²) in [6.07, 6.45) is 4.15. The number of hydrogen-bond acceptors (Lipinski definition) is 4. The van der Waals surface area contributed by atoms with Gasteiger partial charge in [-0.25, -0.2) is 4.79 Å². The summed E-state index contributed by atoms with van der Waals surface area (Å²) in [5.41, 5.74) is 2.52. The molecule has 0 aromatic heterocycles. The summed E-state index contributed by atoms with van der Waals surface area (Å²) in [5.74, 6) is 0.396. The maximum absolute atomic E-state index is 11.9. The first-order valence-electron chi connectivity index (χ1n) is 9.64. The summed E-state index contributed by atoms with van der Waals surface area (Å²) in [5, 5.41) is 0.672. The SMILES string of the molecule is C=C(C)C(=O)OCCN1c2ccccc2C(C)(C)C12C=Cc1cc(Cl)ccc1O2. The van der Waals surface area contributed by atoms with Crippen LogP contribution in [0.5, 0.6) is 5.75 Å². The van der Waals surface area contributed by atoms with Crippen LogP contribution in [0.25, 0.3) is 6.08 Å². The van der Waals surface area contributed by atoms with Crippen LogP contribution in [0.1, 0.15) is 31.9 Å². The molecule has 0 amide bonds. The zero-order chi connectivity index (χ0) is 20.8. The van der Waals surface area contributed by atoms with Gasteiger partial charge in [0.1, 0.15) is 12.4 Å². The summed E-state index contributed by atoms with van der Waals surface area (Å²) in [4.78, 5) is 14.0. The predicted molar refractivity (Wildman–Crippen MR) is 116 cm³/mol. The zero-order valence-corrected chi connectivity index (χ0v) is 17.6. The number of ether oxygens (including phenoxy) is 2. The third-order valence-electron chi connectivity index (χ3n) is 5.79. The Kier molecular flexibility index (Phi) is 4.70. The van der Waals surface area contributed by atoms with E-state index < -0.39 is 5.72 Å². The lowest BCUT2D eigenvalue weighted by Gasteiger charge is -2.47. The number of halogens is 1. The number of carbonyl (C=O) groups excluding carboxylic acids is 1. The van der Waals surface area contributed by atoms with Crippen LogP contribution in [0, 0.1) is 0 Å². The van der Waals surface area contributed by atoms with Gasteiger partial charge in [0.25, 0.3) is 0 Å². The van der Waals surface area contributed by atoms with Crippen LogP contribution in [0.3, 0.4) is 0 Å². The highest BCUT2D eigenvalue weighted by molar-refractivity contribution is 6.30. The molecular formula is C24H24ClNO3. The second kappa shape index (κ2) is 6.96. The lowest BCUT2D eigenvalue weighted by molar-refractivity contribution is -0.138. The van der Waals surface area contributed by atoms with E-state index in [1.165, 1.54) is 5.56 Å². The largest absolute Gasteiger partial charge is 0.463 e. The normalized spacial score (nSPS) is 20.8. The molecule has 2 aromatic rings. The topological polar surface area (TPSA) is 38.8 Å². The Hall–Kier alpha value is -2.72. The van der Waals surface area contributed by atoms with Crippen LogP contribution in [0.15, 0.2) is 60.7 Å². The molecule has 0 saturated carbocycles. The van der Waals surface area contributed by atoms with Crippen LogP contribution < -0.4 is 9.64 Å². The molecule has 0 N–H and O–H groups in total. The Bertz CT molecular complexity index is 1030. The Balaban J connectivity index is 1.74. The first-order valence-corrected chi connectivity index (χ1v) is 10.0. The minimum atomic E-state index is -0.743. The van der Waals surface area contributed by atoms with Crippen molar-refractivity contribution in [2.24, 2.45) is 0 Å². The van der Waals surface area contributed by atoms with Crippen LogP contribution >= 0.6 is 11.6 Å². The van der Waals surface area contributed by atoms with E-state index in [1.54, 1.807) is 6.92 Å². The van der Waals surface area contributed by atoms with E-state index in [0.29, 0.717) is 17.1 Å². The molecule has 1 atom stereocenters. The molecule has 0 saturated heterocycles. The van der Waals surface area contributed by atoms with Gasteiger partial charge in [-0.3, -0.25) is 0 Å². The lowest BCUT2D eigenvalue weighted by Crippen LogP contribution is -2.60. The number of esters is 1. The molecule has 150 valence electrons. The van der Waals surface area contributed by atoms with Crippen molar-refractivity contribution in [3.8, 4) is 5.75 Å². The Morgan fingerprint density at radius 3 is 2.76 bits per heavy atom. The highest BCUT2D eigenvalue weighted by atomic mass is 35.5. The smallest absolute Gasteiger partial charge is 0.333 e.